The summed E-state index contributed by atoms with van der Waals surface area (Å²) in [5, 5.41) is 4.06. The lowest BCUT2D eigenvalue weighted by molar-refractivity contribution is 0.611. The zero-order chi connectivity index (χ0) is 12.0. The Morgan fingerprint density at radius 3 is 2.71 bits per heavy atom. The van der Waals surface area contributed by atoms with E-state index in [1.807, 2.05) is 12.1 Å². The number of hydrogen-bond donors (Lipinski definition) is 1. The standard InChI is InChI=1S/C13H14FN3/c1-17-13(15)11(7-16-17)9-4-5-10(8-2-3-8)12(14)6-9/h4-8H,2-3,15H2,1H3. The summed E-state index contributed by atoms with van der Waals surface area (Å²) in [6, 6.07) is 5.35. The molecule has 0 amide bonds. The first-order valence-corrected chi connectivity index (χ1v) is 5.74. The monoisotopic (exact) mass is 231 g/mol. The van der Waals surface area contributed by atoms with Gasteiger partial charge in [0, 0.05) is 12.6 Å². The van der Waals surface area contributed by atoms with Crippen molar-refractivity contribution in [3.8, 4) is 11.1 Å². The molecule has 3 nitrogen and oxygen atoms in total. The first-order chi connectivity index (χ1) is 8.16. The molecule has 0 radical (unpaired) electrons. The first kappa shape index (κ1) is 10.3. The third-order valence-electron chi connectivity index (χ3n) is 3.31. The molecule has 2 N–H and O–H groups in total. The maximum atomic E-state index is 13.9. The fourth-order valence-corrected chi connectivity index (χ4v) is 2.09. The Morgan fingerprint density at radius 1 is 1.41 bits per heavy atom. The maximum absolute atomic E-state index is 13.9. The lowest BCUT2D eigenvalue weighted by atomic mass is 10.0. The third-order valence-corrected chi connectivity index (χ3v) is 3.31. The molecule has 0 saturated heterocycles. The molecule has 88 valence electrons. The Kier molecular flexibility index (Phi) is 2.18. The van der Waals surface area contributed by atoms with Gasteiger partial charge in [-0.1, -0.05) is 12.1 Å². The highest BCUT2D eigenvalue weighted by molar-refractivity contribution is 5.73. The van der Waals surface area contributed by atoms with Gasteiger partial charge in [-0.3, -0.25) is 4.68 Å². The maximum Gasteiger partial charge on any atom is 0.129 e. The van der Waals surface area contributed by atoms with Gasteiger partial charge in [-0.2, -0.15) is 5.10 Å². The van der Waals surface area contributed by atoms with Gasteiger partial charge in [0.1, 0.15) is 11.6 Å². The number of nitrogen functional groups attached to an aromatic ring is 1. The van der Waals surface area contributed by atoms with E-state index in [2.05, 4.69) is 5.10 Å². The van der Waals surface area contributed by atoms with Gasteiger partial charge >= 0.3 is 0 Å². The molecule has 1 aliphatic carbocycles. The van der Waals surface area contributed by atoms with Crippen LogP contribution in [0.1, 0.15) is 24.3 Å². The summed E-state index contributed by atoms with van der Waals surface area (Å²) in [7, 11) is 1.77. The zero-order valence-corrected chi connectivity index (χ0v) is 9.65. The van der Waals surface area contributed by atoms with Crippen LogP contribution < -0.4 is 5.73 Å². The van der Waals surface area contributed by atoms with Gasteiger partial charge in [0.2, 0.25) is 0 Å². The highest BCUT2D eigenvalue weighted by atomic mass is 19.1. The van der Waals surface area contributed by atoms with Crippen molar-refractivity contribution < 1.29 is 4.39 Å². The minimum absolute atomic E-state index is 0.131. The van der Waals surface area contributed by atoms with Crippen LogP contribution in [0.2, 0.25) is 0 Å². The van der Waals surface area contributed by atoms with Crippen LogP contribution in [0.3, 0.4) is 0 Å². The molecule has 1 saturated carbocycles. The number of halogens is 1. The van der Waals surface area contributed by atoms with Crippen molar-refractivity contribution in [1.29, 1.82) is 0 Å². The Hall–Kier alpha value is -1.84. The molecule has 17 heavy (non-hydrogen) atoms. The van der Waals surface area contributed by atoms with Crippen molar-refractivity contribution in [3.63, 3.8) is 0 Å². The number of nitrogens with two attached hydrogens (primary N) is 1. The van der Waals surface area contributed by atoms with E-state index in [0.29, 0.717) is 11.7 Å². The van der Waals surface area contributed by atoms with Crippen molar-refractivity contribution in [2.75, 3.05) is 5.73 Å². The molecule has 0 bridgehead atoms. The van der Waals surface area contributed by atoms with Gasteiger partial charge in [-0.05, 0) is 36.0 Å². The largest absolute Gasteiger partial charge is 0.383 e. The predicted octanol–water partition coefficient (Wildman–Crippen LogP) is 2.69. The van der Waals surface area contributed by atoms with E-state index in [4.69, 9.17) is 5.73 Å². The minimum atomic E-state index is -0.131. The minimum Gasteiger partial charge on any atom is -0.383 e. The van der Waals surface area contributed by atoms with E-state index < -0.39 is 0 Å². The van der Waals surface area contributed by atoms with Gasteiger partial charge in [0.25, 0.3) is 0 Å². The Morgan fingerprint density at radius 2 is 2.18 bits per heavy atom. The summed E-state index contributed by atoms with van der Waals surface area (Å²) in [5.41, 5.74) is 8.28. The normalized spacial score (nSPS) is 15.2. The van der Waals surface area contributed by atoms with Crippen LogP contribution in [-0.4, -0.2) is 9.78 Å². The highest BCUT2D eigenvalue weighted by Crippen LogP contribution is 2.42. The molecule has 0 spiro atoms. The quantitative estimate of drug-likeness (QED) is 0.863. The molecular formula is C13H14FN3. The summed E-state index contributed by atoms with van der Waals surface area (Å²) in [5.74, 6) is 0.854. The second-order valence-corrected chi connectivity index (χ2v) is 4.58. The number of benzene rings is 1. The van der Waals surface area contributed by atoms with Crippen LogP contribution in [0, 0.1) is 5.82 Å². The molecule has 3 rings (SSSR count). The second kappa shape index (κ2) is 3.58. The number of hydrogen-bond acceptors (Lipinski definition) is 2. The molecule has 1 aromatic carbocycles. The smallest absolute Gasteiger partial charge is 0.129 e. The van der Waals surface area contributed by atoms with Crippen LogP contribution in [0.15, 0.2) is 24.4 Å². The van der Waals surface area contributed by atoms with E-state index >= 15 is 0 Å². The summed E-state index contributed by atoms with van der Waals surface area (Å²) in [6.45, 7) is 0. The average molecular weight is 231 g/mol. The summed E-state index contributed by atoms with van der Waals surface area (Å²) in [4.78, 5) is 0. The van der Waals surface area contributed by atoms with E-state index in [9.17, 15) is 4.39 Å². The van der Waals surface area contributed by atoms with E-state index in [0.717, 1.165) is 29.5 Å². The SMILES string of the molecule is Cn1ncc(-c2ccc(C3CC3)c(F)c2)c1N. The van der Waals surface area contributed by atoms with E-state index in [-0.39, 0.29) is 5.82 Å². The molecular weight excluding hydrogens is 217 g/mol. The lowest BCUT2D eigenvalue weighted by Crippen LogP contribution is -1.98. The molecule has 1 aliphatic rings. The highest BCUT2D eigenvalue weighted by Gasteiger charge is 2.26. The van der Waals surface area contributed by atoms with Gasteiger partial charge in [-0.25, -0.2) is 4.39 Å². The average Bonchev–Trinajstić information content (AvgIpc) is 3.08. The van der Waals surface area contributed by atoms with Gasteiger partial charge in [0.05, 0.1) is 6.20 Å². The molecule has 4 heteroatoms. The topological polar surface area (TPSA) is 43.8 Å². The number of aryl methyl sites for hydroxylation is 1. The zero-order valence-electron chi connectivity index (χ0n) is 9.65. The van der Waals surface area contributed by atoms with Gasteiger partial charge in [-0.15, -0.1) is 0 Å². The number of rotatable bonds is 2. The molecule has 1 aromatic heterocycles. The van der Waals surface area contributed by atoms with Crippen molar-refractivity contribution in [3.05, 3.63) is 35.8 Å². The van der Waals surface area contributed by atoms with Crippen LogP contribution in [0.25, 0.3) is 11.1 Å². The van der Waals surface area contributed by atoms with Crippen LogP contribution in [0.5, 0.6) is 0 Å². The van der Waals surface area contributed by atoms with Crippen LogP contribution in [0.4, 0.5) is 10.2 Å². The summed E-state index contributed by atoms with van der Waals surface area (Å²) < 4.78 is 15.5. The molecule has 0 unspecified atom stereocenters. The van der Waals surface area contributed by atoms with Crippen molar-refractivity contribution >= 4 is 5.82 Å². The third kappa shape index (κ3) is 1.69. The first-order valence-electron chi connectivity index (χ1n) is 5.74. The number of nitrogens with zero attached hydrogens (tertiary/aromatic N) is 2. The lowest BCUT2D eigenvalue weighted by Gasteiger charge is -2.05. The van der Waals surface area contributed by atoms with Crippen molar-refractivity contribution in [1.82, 2.24) is 9.78 Å². The molecule has 2 aromatic rings. The number of aromatic nitrogens is 2. The summed E-state index contributed by atoms with van der Waals surface area (Å²) in [6.07, 6.45) is 3.87. The van der Waals surface area contributed by atoms with E-state index in [1.54, 1.807) is 24.0 Å². The fraction of sp³-hybridized carbons (Fsp3) is 0.308. The van der Waals surface area contributed by atoms with Crippen molar-refractivity contribution in [2.24, 2.45) is 7.05 Å². The van der Waals surface area contributed by atoms with Crippen molar-refractivity contribution in [2.45, 2.75) is 18.8 Å². The van der Waals surface area contributed by atoms with Crippen LogP contribution >= 0.6 is 0 Å². The molecule has 1 heterocycles. The second-order valence-electron chi connectivity index (χ2n) is 4.58. The molecule has 0 atom stereocenters. The molecule has 0 aliphatic heterocycles. The van der Waals surface area contributed by atoms with Crippen LogP contribution in [-0.2, 0) is 7.05 Å². The number of anilines is 1. The summed E-state index contributed by atoms with van der Waals surface area (Å²) >= 11 is 0. The van der Waals surface area contributed by atoms with E-state index in [1.165, 1.54) is 0 Å². The molecule has 1 fully saturated rings. The Balaban J connectivity index is 2.04. The van der Waals surface area contributed by atoms with Gasteiger partial charge in [0.15, 0.2) is 0 Å². The van der Waals surface area contributed by atoms with Gasteiger partial charge < -0.3 is 5.73 Å². The Bertz CT molecular complexity index is 570. The Labute approximate surface area is 99.1 Å². The fourth-order valence-electron chi connectivity index (χ4n) is 2.09. The predicted molar refractivity (Wildman–Crippen MR) is 65.0 cm³/mol.